The van der Waals surface area contributed by atoms with Gasteiger partial charge in [-0.05, 0) is 52.2 Å². The molecule has 0 bridgehead atoms. The van der Waals surface area contributed by atoms with Gasteiger partial charge >= 0.3 is 0 Å². The molecule has 0 fully saturated rings. The predicted molar refractivity (Wildman–Crippen MR) is 95.5 cm³/mol. The van der Waals surface area contributed by atoms with Crippen LogP contribution in [0.2, 0.25) is 0 Å². The van der Waals surface area contributed by atoms with Crippen molar-refractivity contribution in [3.05, 3.63) is 53.5 Å². The second-order valence-electron chi connectivity index (χ2n) is 6.48. The van der Waals surface area contributed by atoms with Gasteiger partial charge in [-0.25, -0.2) is 13.8 Å². The largest absolute Gasteiger partial charge is 0.371 e. The van der Waals surface area contributed by atoms with Crippen LogP contribution in [0.25, 0.3) is 5.70 Å². The summed E-state index contributed by atoms with van der Waals surface area (Å²) in [6, 6.07) is 3.58. The maximum Gasteiger partial charge on any atom is 0.201 e. The van der Waals surface area contributed by atoms with E-state index in [4.69, 9.17) is 0 Å². The van der Waals surface area contributed by atoms with E-state index < -0.39 is 11.6 Å². The minimum atomic E-state index is -0.594. The monoisotopic (exact) mass is 347 g/mol. The first-order valence-corrected chi connectivity index (χ1v) is 8.31. The van der Waals surface area contributed by atoms with Gasteiger partial charge in [0, 0.05) is 30.1 Å². The maximum atomic E-state index is 14.1. The van der Waals surface area contributed by atoms with Crippen molar-refractivity contribution < 1.29 is 8.78 Å². The molecule has 0 aliphatic carbocycles. The number of fused-ring (bicyclic) bond motifs is 1. The Morgan fingerprint density at radius 2 is 2.12 bits per heavy atom. The number of aliphatic imine (C=N–C) groups is 1. The van der Waals surface area contributed by atoms with E-state index in [0.29, 0.717) is 11.3 Å². The molecule has 2 aliphatic rings. The first-order valence-electron chi connectivity index (χ1n) is 8.31. The lowest BCUT2D eigenvalue weighted by atomic mass is 10.1. The highest BCUT2D eigenvalue weighted by Gasteiger charge is 2.30. The smallest absolute Gasteiger partial charge is 0.201 e. The van der Waals surface area contributed by atoms with Crippen molar-refractivity contribution in [2.75, 3.05) is 27.2 Å². The van der Waals surface area contributed by atoms with Crippen LogP contribution in [0, 0.1) is 11.6 Å². The fraction of sp³-hybridized carbons (Fsp3) is 0.389. The molecule has 2 heterocycles. The molecule has 2 aliphatic heterocycles. The minimum Gasteiger partial charge on any atom is -0.371 e. The second-order valence-corrected chi connectivity index (χ2v) is 6.48. The van der Waals surface area contributed by atoms with Crippen molar-refractivity contribution in [3.8, 4) is 0 Å². The molecule has 25 heavy (non-hydrogen) atoms. The van der Waals surface area contributed by atoms with Crippen LogP contribution < -0.4 is 10.6 Å². The summed E-state index contributed by atoms with van der Waals surface area (Å²) in [6.07, 6.45) is 4.46. The molecule has 0 saturated carbocycles. The summed E-state index contributed by atoms with van der Waals surface area (Å²) >= 11 is 0. The summed E-state index contributed by atoms with van der Waals surface area (Å²) < 4.78 is 27.2. The Bertz CT molecular complexity index is 739. The molecule has 0 amide bonds. The number of nitrogens with one attached hydrogen (secondary N) is 2. The molecular weight excluding hydrogens is 324 g/mol. The fourth-order valence-corrected chi connectivity index (χ4v) is 2.86. The van der Waals surface area contributed by atoms with Crippen LogP contribution in [0.3, 0.4) is 0 Å². The zero-order valence-corrected chi connectivity index (χ0v) is 14.7. The average Bonchev–Trinajstić information content (AvgIpc) is 2.94. The van der Waals surface area contributed by atoms with Crippen LogP contribution >= 0.6 is 0 Å². The summed E-state index contributed by atoms with van der Waals surface area (Å²) in [5.41, 5.74) is 1.80. The lowest BCUT2D eigenvalue weighted by Gasteiger charge is -2.29. The number of rotatable bonds is 6. The highest BCUT2D eigenvalue weighted by Crippen LogP contribution is 2.27. The Kier molecular flexibility index (Phi) is 5.03. The third kappa shape index (κ3) is 3.99. The Balaban J connectivity index is 1.75. The third-order valence-corrected chi connectivity index (χ3v) is 4.08. The molecule has 7 heteroatoms. The Labute approximate surface area is 146 Å². The zero-order chi connectivity index (χ0) is 18.0. The summed E-state index contributed by atoms with van der Waals surface area (Å²) in [6.45, 7) is 3.75. The van der Waals surface area contributed by atoms with Crippen molar-refractivity contribution >= 4 is 11.4 Å². The normalized spacial score (nSPS) is 19.2. The average molecular weight is 347 g/mol. The molecule has 0 radical (unpaired) electrons. The number of nitrogens with zero attached hydrogens (tertiary/aromatic N) is 3. The molecule has 3 rings (SSSR count). The Morgan fingerprint density at radius 1 is 1.32 bits per heavy atom. The van der Waals surface area contributed by atoms with Gasteiger partial charge in [-0.15, -0.1) is 0 Å². The van der Waals surface area contributed by atoms with Crippen molar-refractivity contribution in [2.24, 2.45) is 4.99 Å². The van der Waals surface area contributed by atoms with Crippen molar-refractivity contribution in [1.82, 2.24) is 20.4 Å². The predicted octanol–water partition coefficient (Wildman–Crippen LogP) is 2.31. The van der Waals surface area contributed by atoms with Gasteiger partial charge in [0.05, 0.1) is 5.70 Å². The van der Waals surface area contributed by atoms with E-state index in [2.05, 4.69) is 20.5 Å². The Hall–Kier alpha value is -2.41. The topological polar surface area (TPSA) is 42.9 Å². The molecule has 1 unspecified atom stereocenters. The first kappa shape index (κ1) is 17.4. The van der Waals surface area contributed by atoms with E-state index >= 15 is 0 Å². The standard InChI is InChI=1S/C18H23F2N5/c1-12-9-17(21-7-4-8-24(2)3)25-11-16(23-18(25)22-12)14-6-5-13(19)10-15(14)20/h5-6,9-11,18,21,23H,4,7-8H2,1-3H3. The maximum absolute atomic E-state index is 14.1. The second kappa shape index (κ2) is 7.23. The molecule has 5 nitrogen and oxygen atoms in total. The van der Waals surface area contributed by atoms with E-state index in [-0.39, 0.29) is 6.29 Å². The van der Waals surface area contributed by atoms with E-state index in [1.165, 1.54) is 12.1 Å². The zero-order valence-electron chi connectivity index (χ0n) is 14.7. The number of hydrogen-bond donors (Lipinski definition) is 2. The molecular formula is C18H23F2N5. The van der Waals surface area contributed by atoms with Crippen LogP contribution in [0.1, 0.15) is 18.9 Å². The van der Waals surface area contributed by atoms with Crippen LogP contribution in [0.15, 0.2) is 41.3 Å². The lowest BCUT2D eigenvalue weighted by Crippen LogP contribution is -2.41. The van der Waals surface area contributed by atoms with E-state index in [1.807, 2.05) is 38.2 Å². The van der Waals surface area contributed by atoms with Gasteiger partial charge in [-0.2, -0.15) is 0 Å². The van der Waals surface area contributed by atoms with Gasteiger partial charge in [0.15, 0.2) is 0 Å². The van der Waals surface area contributed by atoms with E-state index in [1.54, 1.807) is 0 Å². The fourth-order valence-electron chi connectivity index (χ4n) is 2.86. The van der Waals surface area contributed by atoms with Crippen molar-refractivity contribution in [1.29, 1.82) is 0 Å². The molecule has 0 spiro atoms. The van der Waals surface area contributed by atoms with Gasteiger partial charge in [0.25, 0.3) is 0 Å². The number of halogens is 2. The first-order chi connectivity index (χ1) is 11.9. The van der Waals surface area contributed by atoms with Crippen LogP contribution in [-0.4, -0.2) is 49.0 Å². The SMILES string of the molecule is CC1=NC2NC(c3ccc(F)cc3F)=CN2C(NCCCN(C)C)=C1. The summed E-state index contributed by atoms with van der Waals surface area (Å²) in [4.78, 5) is 8.60. The molecule has 2 N–H and O–H groups in total. The lowest BCUT2D eigenvalue weighted by molar-refractivity contribution is 0.319. The van der Waals surface area contributed by atoms with E-state index in [9.17, 15) is 8.78 Å². The van der Waals surface area contributed by atoms with Gasteiger partial charge in [0.1, 0.15) is 17.5 Å². The molecule has 1 aromatic carbocycles. The van der Waals surface area contributed by atoms with Crippen LogP contribution in [0.4, 0.5) is 8.78 Å². The Morgan fingerprint density at radius 3 is 2.84 bits per heavy atom. The number of hydrogen-bond acceptors (Lipinski definition) is 5. The third-order valence-electron chi connectivity index (χ3n) is 4.08. The van der Waals surface area contributed by atoms with Crippen LogP contribution in [-0.2, 0) is 0 Å². The summed E-state index contributed by atoms with van der Waals surface area (Å²) in [5.74, 6) is -0.264. The van der Waals surface area contributed by atoms with Crippen molar-refractivity contribution in [3.63, 3.8) is 0 Å². The van der Waals surface area contributed by atoms with Crippen molar-refractivity contribution in [2.45, 2.75) is 19.6 Å². The highest BCUT2D eigenvalue weighted by atomic mass is 19.1. The molecule has 1 atom stereocenters. The minimum absolute atomic E-state index is 0.319. The molecule has 134 valence electrons. The van der Waals surface area contributed by atoms with Gasteiger partial charge in [-0.3, -0.25) is 4.90 Å². The van der Waals surface area contributed by atoms with Crippen LogP contribution in [0.5, 0.6) is 0 Å². The summed E-state index contributed by atoms with van der Waals surface area (Å²) in [7, 11) is 4.09. The van der Waals surface area contributed by atoms with Gasteiger partial charge in [-0.1, -0.05) is 0 Å². The number of benzene rings is 1. The quantitative estimate of drug-likeness (QED) is 0.775. The number of allylic oxidation sites excluding steroid dienone is 1. The van der Waals surface area contributed by atoms with Gasteiger partial charge in [0.2, 0.25) is 6.29 Å². The summed E-state index contributed by atoms with van der Waals surface area (Å²) in [5, 5.41) is 6.60. The van der Waals surface area contributed by atoms with E-state index in [0.717, 1.165) is 37.1 Å². The molecule has 0 aromatic heterocycles. The van der Waals surface area contributed by atoms with Gasteiger partial charge < -0.3 is 15.5 Å². The molecule has 1 aromatic rings. The highest BCUT2D eigenvalue weighted by molar-refractivity contribution is 5.94. The molecule has 0 saturated heterocycles.